The number of rotatable bonds is 6. The summed E-state index contributed by atoms with van der Waals surface area (Å²) in [5.41, 5.74) is 1.29. The van der Waals surface area contributed by atoms with Crippen molar-refractivity contribution in [1.82, 2.24) is 15.0 Å². The van der Waals surface area contributed by atoms with Gasteiger partial charge in [0.2, 0.25) is 10.0 Å². The lowest BCUT2D eigenvalue weighted by atomic mass is 10.1. The third kappa shape index (κ3) is 5.55. The molecule has 0 bridgehead atoms. The van der Waals surface area contributed by atoms with Crippen molar-refractivity contribution in [3.63, 3.8) is 0 Å². The number of sulfonamides is 1. The molecule has 0 aliphatic heterocycles. The van der Waals surface area contributed by atoms with Crippen LogP contribution in [0.5, 0.6) is 0 Å². The van der Waals surface area contributed by atoms with Crippen LogP contribution in [-0.2, 0) is 16.6 Å². The van der Waals surface area contributed by atoms with Crippen molar-refractivity contribution >= 4 is 21.4 Å². The number of aromatic nitrogens is 1. The molecule has 0 aromatic carbocycles. The zero-order valence-corrected chi connectivity index (χ0v) is 11.3. The van der Waals surface area contributed by atoms with Gasteiger partial charge in [-0.15, -0.1) is 11.3 Å². The largest absolute Gasteiger partial charge is 0.310 e. The second kappa shape index (κ2) is 5.22. The summed E-state index contributed by atoms with van der Waals surface area (Å²) in [7, 11) is -3.17. The van der Waals surface area contributed by atoms with E-state index in [9.17, 15) is 8.42 Å². The summed E-state index contributed by atoms with van der Waals surface area (Å²) in [6, 6.07) is 0. The molecule has 0 unspecified atom stereocenters. The summed E-state index contributed by atoms with van der Waals surface area (Å²) in [5, 5.41) is 3.19. The molecule has 0 aliphatic rings. The first-order valence-corrected chi connectivity index (χ1v) is 7.63. The van der Waals surface area contributed by atoms with E-state index in [2.05, 4.69) is 15.0 Å². The molecule has 0 amide bonds. The van der Waals surface area contributed by atoms with Crippen molar-refractivity contribution in [3.8, 4) is 0 Å². The monoisotopic (exact) mass is 263 g/mol. The molecule has 1 aromatic heterocycles. The van der Waals surface area contributed by atoms with Crippen molar-refractivity contribution in [2.24, 2.45) is 0 Å². The molecule has 0 saturated heterocycles. The molecule has 92 valence electrons. The van der Waals surface area contributed by atoms with Gasteiger partial charge in [0.05, 0.1) is 11.8 Å². The Hall–Kier alpha value is -0.500. The van der Waals surface area contributed by atoms with Gasteiger partial charge in [-0.25, -0.2) is 13.1 Å². The van der Waals surface area contributed by atoms with E-state index in [1.165, 1.54) is 0 Å². The molecule has 0 atom stereocenters. The van der Waals surface area contributed by atoms with Gasteiger partial charge in [0.1, 0.15) is 0 Å². The van der Waals surface area contributed by atoms with Crippen molar-refractivity contribution in [3.05, 3.63) is 16.6 Å². The van der Waals surface area contributed by atoms with Crippen LogP contribution >= 0.6 is 11.3 Å². The third-order valence-corrected chi connectivity index (χ3v) is 3.51. The molecule has 0 spiro atoms. The normalized spacial score (nSPS) is 12.9. The van der Waals surface area contributed by atoms with E-state index in [1.54, 1.807) is 23.0 Å². The van der Waals surface area contributed by atoms with E-state index < -0.39 is 15.6 Å². The molecule has 16 heavy (non-hydrogen) atoms. The molecule has 2 N–H and O–H groups in total. The van der Waals surface area contributed by atoms with E-state index in [0.717, 1.165) is 11.1 Å². The van der Waals surface area contributed by atoms with E-state index >= 15 is 0 Å². The predicted molar refractivity (Wildman–Crippen MR) is 65.9 cm³/mol. The molecule has 1 heterocycles. The molecule has 5 nitrogen and oxygen atoms in total. The Balaban J connectivity index is 2.36. The fourth-order valence-corrected chi connectivity index (χ4v) is 3.01. The lowest BCUT2D eigenvalue weighted by Gasteiger charge is -2.25. The van der Waals surface area contributed by atoms with Crippen molar-refractivity contribution in [1.29, 1.82) is 0 Å². The molecular formula is C9H17N3O2S2. The van der Waals surface area contributed by atoms with Crippen molar-refractivity contribution in [2.75, 3.05) is 12.8 Å². The van der Waals surface area contributed by atoms with Crippen molar-refractivity contribution in [2.45, 2.75) is 25.9 Å². The molecule has 0 saturated carbocycles. The summed E-state index contributed by atoms with van der Waals surface area (Å²) < 4.78 is 24.8. The van der Waals surface area contributed by atoms with E-state index in [1.807, 2.05) is 13.8 Å². The first-order chi connectivity index (χ1) is 7.29. The Morgan fingerprint density at radius 2 is 2.19 bits per heavy atom. The van der Waals surface area contributed by atoms with Crippen LogP contribution in [0.2, 0.25) is 0 Å². The third-order valence-electron chi connectivity index (χ3n) is 1.81. The standard InChI is InChI=1S/C9H17N3O2S2/c1-9(2,12-16(3,13)14)6-10-4-8-5-11-7-15-8/h5,7,10,12H,4,6H2,1-3H3. The maximum atomic E-state index is 11.1. The first-order valence-electron chi connectivity index (χ1n) is 4.85. The van der Waals surface area contributed by atoms with Crippen LogP contribution < -0.4 is 10.0 Å². The number of nitrogens with zero attached hydrogens (tertiary/aromatic N) is 1. The summed E-state index contributed by atoms with van der Waals surface area (Å²) in [6.07, 6.45) is 2.96. The Bertz CT molecular complexity index is 412. The van der Waals surface area contributed by atoms with E-state index in [0.29, 0.717) is 13.1 Å². The van der Waals surface area contributed by atoms with Gasteiger partial charge in [-0.3, -0.25) is 4.98 Å². The van der Waals surface area contributed by atoms with E-state index in [4.69, 9.17) is 0 Å². The Kier molecular flexibility index (Phi) is 4.43. The van der Waals surface area contributed by atoms with Crippen LogP contribution in [-0.4, -0.2) is 31.7 Å². The highest BCUT2D eigenvalue weighted by atomic mass is 32.2. The number of hydrogen-bond acceptors (Lipinski definition) is 5. The SMILES string of the molecule is CC(C)(CNCc1cncs1)NS(C)(=O)=O. The highest BCUT2D eigenvalue weighted by Crippen LogP contribution is 2.06. The number of nitrogens with one attached hydrogen (secondary N) is 2. The molecule has 0 aliphatic carbocycles. The van der Waals surface area contributed by atoms with Gasteiger partial charge in [-0.1, -0.05) is 0 Å². The Labute approximate surface area is 100 Å². The van der Waals surface area contributed by atoms with E-state index in [-0.39, 0.29) is 0 Å². The second-order valence-electron chi connectivity index (χ2n) is 4.33. The summed E-state index contributed by atoms with van der Waals surface area (Å²) >= 11 is 1.57. The van der Waals surface area contributed by atoms with Crippen LogP contribution in [0.25, 0.3) is 0 Å². The molecule has 1 rings (SSSR count). The molecule has 0 radical (unpaired) electrons. The van der Waals surface area contributed by atoms with Gasteiger partial charge in [0.15, 0.2) is 0 Å². The zero-order valence-electron chi connectivity index (χ0n) is 9.65. The highest BCUT2D eigenvalue weighted by Gasteiger charge is 2.21. The second-order valence-corrected chi connectivity index (χ2v) is 7.05. The molecular weight excluding hydrogens is 246 g/mol. The average Bonchev–Trinajstić information content (AvgIpc) is 2.51. The summed E-state index contributed by atoms with van der Waals surface area (Å²) in [5.74, 6) is 0. The lowest BCUT2D eigenvalue weighted by Crippen LogP contribution is -2.49. The number of hydrogen-bond donors (Lipinski definition) is 2. The average molecular weight is 263 g/mol. The van der Waals surface area contributed by atoms with Crippen LogP contribution in [0, 0.1) is 0 Å². The van der Waals surface area contributed by atoms with Crippen LogP contribution in [0.1, 0.15) is 18.7 Å². The minimum Gasteiger partial charge on any atom is -0.310 e. The lowest BCUT2D eigenvalue weighted by molar-refractivity contribution is 0.421. The Morgan fingerprint density at radius 1 is 1.50 bits per heavy atom. The summed E-state index contributed by atoms with van der Waals surface area (Å²) in [6.45, 7) is 4.96. The molecule has 7 heteroatoms. The highest BCUT2D eigenvalue weighted by molar-refractivity contribution is 7.88. The van der Waals surface area contributed by atoms with Crippen LogP contribution in [0.3, 0.4) is 0 Å². The fraction of sp³-hybridized carbons (Fsp3) is 0.667. The first kappa shape index (κ1) is 13.6. The maximum absolute atomic E-state index is 11.1. The maximum Gasteiger partial charge on any atom is 0.209 e. The van der Waals surface area contributed by atoms with Crippen molar-refractivity contribution < 1.29 is 8.42 Å². The minimum absolute atomic E-state index is 0.488. The molecule has 0 fully saturated rings. The van der Waals surface area contributed by atoms with Gasteiger partial charge < -0.3 is 5.32 Å². The topological polar surface area (TPSA) is 71.1 Å². The van der Waals surface area contributed by atoms with Gasteiger partial charge >= 0.3 is 0 Å². The zero-order chi connectivity index (χ0) is 12.2. The molecule has 1 aromatic rings. The smallest absolute Gasteiger partial charge is 0.209 e. The fourth-order valence-electron chi connectivity index (χ4n) is 1.37. The van der Waals surface area contributed by atoms with Gasteiger partial charge in [0, 0.05) is 29.7 Å². The van der Waals surface area contributed by atoms with Crippen LogP contribution in [0.4, 0.5) is 0 Å². The predicted octanol–water partition coefficient (Wildman–Crippen LogP) is 0.560. The van der Waals surface area contributed by atoms with Gasteiger partial charge in [-0.05, 0) is 13.8 Å². The summed E-state index contributed by atoms with van der Waals surface area (Å²) in [4.78, 5) is 5.10. The van der Waals surface area contributed by atoms with Gasteiger partial charge in [0.25, 0.3) is 0 Å². The van der Waals surface area contributed by atoms with Gasteiger partial charge in [-0.2, -0.15) is 0 Å². The quantitative estimate of drug-likeness (QED) is 0.787. The minimum atomic E-state index is -3.17. The number of thiazole rings is 1. The van der Waals surface area contributed by atoms with Crippen LogP contribution in [0.15, 0.2) is 11.7 Å². The Morgan fingerprint density at radius 3 is 2.69 bits per heavy atom.